The van der Waals surface area contributed by atoms with E-state index in [2.05, 4.69) is 11.4 Å². The number of benzene rings is 1. The van der Waals surface area contributed by atoms with Crippen molar-refractivity contribution in [2.45, 2.75) is 70.8 Å². The Hall–Kier alpha value is -2.04. The van der Waals surface area contributed by atoms with Crippen LogP contribution in [0.1, 0.15) is 62.5 Å². The zero-order valence-corrected chi connectivity index (χ0v) is 15.3. The molecular formula is C20H29NO4. The number of aryl methyl sites for hydroxylation is 2. The molecule has 0 aliphatic heterocycles. The van der Waals surface area contributed by atoms with Gasteiger partial charge in [0.2, 0.25) is 5.91 Å². The largest absolute Gasteiger partial charge is 0.493 e. The van der Waals surface area contributed by atoms with Crippen LogP contribution in [0.2, 0.25) is 0 Å². The highest BCUT2D eigenvalue weighted by Crippen LogP contribution is 2.32. The molecule has 2 rings (SSSR count). The molecule has 0 heterocycles. The van der Waals surface area contributed by atoms with Gasteiger partial charge < -0.3 is 15.2 Å². The van der Waals surface area contributed by atoms with Gasteiger partial charge in [-0.25, -0.2) is 0 Å². The number of aliphatic carboxylic acids is 1. The number of nitrogens with one attached hydrogen (secondary N) is 1. The molecular weight excluding hydrogens is 318 g/mol. The van der Waals surface area contributed by atoms with Crippen molar-refractivity contribution >= 4 is 11.9 Å². The summed E-state index contributed by atoms with van der Waals surface area (Å²) >= 11 is 0. The second kappa shape index (κ2) is 8.88. The number of unbranched alkanes of at least 4 members (excludes halogenated alkanes) is 1. The second-order valence-corrected chi connectivity index (χ2v) is 7.18. The lowest BCUT2D eigenvalue weighted by atomic mass is 9.93. The Morgan fingerprint density at radius 3 is 2.60 bits per heavy atom. The Labute approximate surface area is 149 Å². The van der Waals surface area contributed by atoms with Gasteiger partial charge in [0.25, 0.3) is 0 Å². The first-order valence-corrected chi connectivity index (χ1v) is 9.13. The van der Waals surface area contributed by atoms with E-state index in [-0.39, 0.29) is 12.3 Å². The Morgan fingerprint density at radius 1 is 1.20 bits per heavy atom. The normalized spacial score (nSPS) is 15.8. The van der Waals surface area contributed by atoms with Gasteiger partial charge in [0, 0.05) is 6.42 Å². The van der Waals surface area contributed by atoms with Gasteiger partial charge in [0.1, 0.15) is 5.75 Å². The molecule has 25 heavy (non-hydrogen) atoms. The minimum atomic E-state index is -0.843. The quantitative estimate of drug-likeness (QED) is 0.667. The topological polar surface area (TPSA) is 75.6 Å². The van der Waals surface area contributed by atoms with Crippen molar-refractivity contribution in [3.8, 4) is 5.75 Å². The van der Waals surface area contributed by atoms with E-state index in [1.165, 1.54) is 5.56 Å². The molecule has 1 fully saturated rings. The number of ether oxygens (including phenoxy) is 1. The van der Waals surface area contributed by atoms with Crippen LogP contribution in [0, 0.1) is 13.8 Å². The van der Waals surface area contributed by atoms with Gasteiger partial charge in [-0.2, -0.15) is 0 Å². The molecule has 1 aliphatic carbocycles. The highest BCUT2D eigenvalue weighted by atomic mass is 16.5. The van der Waals surface area contributed by atoms with Crippen LogP contribution in [-0.2, 0) is 9.59 Å². The van der Waals surface area contributed by atoms with Crippen LogP contribution in [0.15, 0.2) is 18.2 Å². The fraction of sp³-hybridized carbons (Fsp3) is 0.600. The van der Waals surface area contributed by atoms with Crippen molar-refractivity contribution in [2.24, 2.45) is 0 Å². The van der Waals surface area contributed by atoms with Crippen molar-refractivity contribution < 1.29 is 19.4 Å². The molecule has 5 nitrogen and oxygen atoms in total. The molecule has 138 valence electrons. The van der Waals surface area contributed by atoms with E-state index in [1.807, 2.05) is 26.0 Å². The summed E-state index contributed by atoms with van der Waals surface area (Å²) in [5.74, 6) is 0.00910. The molecule has 1 saturated carbocycles. The molecule has 5 heteroatoms. The molecule has 0 saturated heterocycles. The Morgan fingerprint density at radius 2 is 1.92 bits per heavy atom. The summed E-state index contributed by atoms with van der Waals surface area (Å²) in [5.41, 5.74) is 1.75. The van der Waals surface area contributed by atoms with Gasteiger partial charge in [-0.15, -0.1) is 0 Å². The summed E-state index contributed by atoms with van der Waals surface area (Å²) in [6.45, 7) is 4.64. The molecule has 0 radical (unpaired) electrons. The number of hydrogen-bond acceptors (Lipinski definition) is 3. The monoisotopic (exact) mass is 347 g/mol. The number of carbonyl (C=O) groups is 2. The van der Waals surface area contributed by atoms with Crippen LogP contribution in [0.3, 0.4) is 0 Å². The van der Waals surface area contributed by atoms with Gasteiger partial charge in [-0.1, -0.05) is 25.0 Å². The van der Waals surface area contributed by atoms with Crippen LogP contribution in [0.4, 0.5) is 0 Å². The van der Waals surface area contributed by atoms with Crippen LogP contribution in [0.5, 0.6) is 5.75 Å². The van der Waals surface area contributed by atoms with E-state index < -0.39 is 11.5 Å². The molecule has 0 bridgehead atoms. The van der Waals surface area contributed by atoms with Gasteiger partial charge in [-0.3, -0.25) is 9.59 Å². The maximum Gasteiger partial charge on any atom is 0.305 e. The van der Waals surface area contributed by atoms with Crippen molar-refractivity contribution in [1.82, 2.24) is 5.32 Å². The zero-order chi connectivity index (χ0) is 18.3. The predicted molar refractivity (Wildman–Crippen MR) is 96.9 cm³/mol. The average Bonchev–Trinajstić information content (AvgIpc) is 2.97. The first kappa shape index (κ1) is 19.3. The summed E-state index contributed by atoms with van der Waals surface area (Å²) < 4.78 is 5.80. The lowest BCUT2D eigenvalue weighted by molar-refractivity contribution is -0.139. The Balaban J connectivity index is 1.69. The summed E-state index contributed by atoms with van der Waals surface area (Å²) in [6.07, 6.45) is 5.47. The highest BCUT2D eigenvalue weighted by molar-refractivity contribution is 5.78. The van der Waals surface area contributed by atoms with E-state index in [4.69, 9.17) is 9.84 Å². The lowest BCUT2D eigenvalue weighted by Crippen LogP contribution is -2.47. The first-order chi connectivity index (χ1) is 11.9. The molecule has 0 atom stereocenters. The van der Waals surface area contributed by atoms with Gasteiger partial charge >= 0.3 is 5.97 Å². The number of carbonyl (C=O) groups excluding carboxylic acids is 1. The van der Waals surface area contributed by atoms with Crippen LogP contribution < -0.4 is 10.1 Å². The summed E-state index contributed by atoms with van der Waals surface area (Å²) in [6, 6.07) is 6.13. The fourth-order valence-electron chi connectivity index (χ4n) is 3.48. The standard InChI is InChI=1S/C20H29NO4/c1-15-8-9-16(2)17(13-15)25-12-6-3-7-18(22)21-20(14-19(23)24)10-4-5-11-20/h8-9,13H,3-7,10-12,14H2,1-2H3,(H,21,22)(H,23,24). The molecule has 1 aliphatic rings. The Kier molecular flexibility index (Phi) is 6.85. The SMILES string of the molecule is Cc1ccc(C)c(OCCCCC(=O)NC2(CC(=O)O)CCCC2)c1. The molecule has 1 amide bonds. The van der Waals surface area contributed by atoms with Crippen molar-refractivity contribution in [1.29, 1.82) is 0 Å². The van der Waals surface area contributed by atoms with Crippen molar-refractivity contribution in [2.75, 3.05) is 6.61 Å². The summed E-state index contributed by atoms with van der Waals surface area (Å²) in [4.78, 5) is 23.2. The molecule has 1 aromatic carbocycles. The molecule has 2 N–H and O–H groups in total. The van der Waals surface area contributed by atoms with Crippen LogP contribution in [0.25, 0.3) is 0 Å². The van der Waals surface area contributed by atoms with Crippen LogP contribution >= 0.6 is 0 Å². The first-order valence-electron chi connectivity index (χ1n) is 9.13. The summed E-state index contributed by atoms with van der Waals surface area (Å²) in [5, 5.41) is 12.1. The molecule has 0 aromatic heterocycles. The third-order valence-corrected chi connectivity index (χ3v) is 4.85. The molecule has 0 spiro atoms. The van der Waals surface area contributed by atoms with Crippen LogP contribution in [-0.4, -0.2) is 29.1 Å². The number of amides is 1. The van der Waals surface area contributed by atoms with Crippen molar-refractivity contribution in [3.05, 3.63) is 29.3 Å². The lowest BCUT2D eigenvalue weighted by Gasteiger charge is -2.28. The van der Waals surface area contributed by atoms with E-state index in [0.29, 0.717) is 13.0 Å². The van der Waals surface area contributed by atoms with Gasteiger partial charge in [0.05, 0.1) is 18.6 Å². The fourth-order valence-corrected chi connectivity index (χ4v) is 3.48. The number of carboxylic acid groups (broad SMARTS) is 1. The van der Waals surface area contributed by atoms with E-state index >= 15 is 0 Å². The van der Waals surface area contributed by atoms with E-state index in [0.717, 1.165) is 49.8 Å². The minimum absolute atomic E-state index is 0.0223. The van der Waals surface area contributed by atoms with Gasteiger partial charge in [0.15, 0.2) is 0 Å². The summed E-state index contributed by atoms with van der Waals surface area (Å²) in [7, 11) is 0. The van der Waals surface area contributed by atoms with Crippen molar-refractivity contribution in [3.63, 3.8) is 0 Å². The highest BCUT2D eigenvalue weighted by Gasteiger charge is 2.37. The molecule has 0 unspecified atom stereocenters. The number of hydrogen-bond donors (Lipinski definition) is 2. The third-order valence-electron chi connectivity index (χ3n) is 4.85. The second-order valence-electron chi connectivity index (χ2n) is 7.18. The Bertz CT molecular complexity index is 606. The number of rotatable bonds is 9. The van der Waals surface area contributed by atoms with E-state index in [9.17, 15) is 9.59 Å². The smallest absolute Gasteiger partial charge is 0.305 e. The average molecular weight is 347 g/mol. The maximum absolute atomic E-state index is 12.2. The minimum Gasteiger partial charge on any atom is -0.493 e. The maximum atomic E-state index is 12.2. The molecule has 1 aromatic rings. The zero-order valence-electron chi connectivity index (χ0n) is 15.3. The van der Waals surface area contributed by atoms with E-state index in [1.54, 1.807) is 0 Å². The number of carboxylic acids is 1. The third kappa shape index (κ3) is 6.07. The van der Waals surface area contributed by atoms with Gasteiger partial charge in [-0.05, 0) is 56.7 Å². The predicted octanol–water partition coefficient (Wildman–Crippen LogP) is 3.76.